The summed E-state index contributed by atoms with van der Waals surface area (Å²) in [5.74, 6) is -2.60. The molecule has 1 unspecified atom stereocenters. The number of ether oxygens (including phenoxy) is 6. The maximum atomic E-state index is 14.7. The highest BCUT2D eigenvalue weighted by Crippen LogP contribution is 2.45. The number of esters is 1. The molecular formula is C52H85F4N5O10S. The molecule has 3 saturated heterocycles. The van der Waals surface area contributed by atoms with Crippen molar-refractivity contribution >= 4 is 17.7 Å². The minimum absolute atomic E-state index is 0.00919. The lowest BCUT2D eigenvalue weighted by molar-refractivity contribution is -0.271. The first kappa shape index (κ1) is 60.4. The molecule has 20 heteroatoms. The van der Waals surface area contributed by atoms with E-state index in [-0.39, 0.29) is 47.2 Å². The predicted molar refractivity (Wildman–Crippen MR) is 266 cm³/mol. The predicted octanol–water partition coefficient (Wildman–Crippen LogP) is 7.95. The Balaban J connectivity index is 1.40. The normalized spacial score (nSPS) is 38.2. The second-order valence-corrected chi connectivity index (χ2v) is 23.2. The Hall–Kier alpha value is -2.50. The van der Waals surface area contributed by atoms with Gasteiger partial charge in [-0.2, -0.15) is 13.2 Å². The van der Waals surface area contributed by atoms with Crippen molar-refractivity contribution in [3.05, 3.63) is 41.7 Å². The second-order valence-electron chi connectivity index (χ2n) is 22.1. The molecule has 0 aliphatic carbocycles. The third kappa shape index (κ3) is 15.1. The summed E-state index contributed by atoms with van der Waals surface area (Å²) in [4.78, 5) is 18.8. The standard InChI is InChI=1S/C52H85F4N5O10S/c1-15-42-51(10,65)46(62)35(7)60(12)28-30(2)24-50(9,64)47(33(5)44(34(6)48(63)70-42)41-26-49(8,67-14)25-32(4)68-41)71-43-23-38(22-31(3)69-43)59(11)21-20-37-29-61(58-57-37)40(27-53)45(66-13)36-16-18-39(19-17-36)72-52(54,55)56/h16-19,29-35,38,40-47,62,64-65H,15,20-28H2,1-14H3/t30-,31-,32+,33+,34-,35-,38+,40-,41-,42-,43+,44?,45-,46-,47-,49+,50-,51-/m1/s1. The van der Waals surface area contributed by atoms with Gasteiger partial charge in [0.05, 0.1) is 47.2 Å². The van der Waals surface area contributed by atoms with Crippen molar-refractivity contribution in [2.45, 2.75) is 209 Å². The number of rotatable bonds is 15. The van der Waals surface area contributed by atoms with Crippen LogP contribution in [-0.4, -0.2) is 171 Å². The van der Waals surface area contributed by atoms with E-state index in [9.17, 15) is 37.7 Å². The fraction of sp³-hybridized carbons (Fsp3) is 0.827. The van der Waals surface area contributed by atoms with E-state index in [1.54, 1.807) is 27.2 Å². The number of hydrogen-bond donors (Lipinski definition) is 3. The highest BCUT2D eigenvalue weighted by Gasteiger charge is 2.53. The Kier molecular flexibility index (Phi) is 21.0. The number of methoxy groups -OCH3 is 2. The van der Waals surface area contributed by atoms with Gasteiger partial charge >= 0.3 is 11.5 Å². The van der Waals surface area contributed by atoms with Gasteiger partial charge in [-0.1, -0.05) is 45.0 Å². The van der Waals surface area contributed by atoms with Crippen molar-refractivity contribution in [2.75, 3.05) is 48.1 Å². The zero-order valence-corrected chi connectivity index (χ0v) is 45.8. The van der Waals surface area contributed by atoms with Crippen LogP contribution in [0, 0.1) is 23.7 Å². The molecule has 3 aliphatic heterocycles. The number of carbonyl (C=O) groups is 1. The zero-order valence-electron chi connectivity index (χ0n) is 45.0. The fourth-order valence-corrected chi connectivity index (χ4v) is 12.5. The van der Waals surface area contributed by atoms with Crippen molar-refractivity contribution in [3.63, 3.8) is 0 Å². The molecular weight excluding hydrogens is 963 g/mol. The first-order valence-corrected chi connectivity index (χ1v) is 26.5. The van der Waals surface area contributed by atoms with E-state index in [1.807, 2.05) is 67.5 Å². The van der Waals surface area contributed by atoms with Gasteiger partial charge in [0.25, 0.3) is 0 Å². The molecule has 5 rings (SSSR count). The topological polar surface area (TPSA) is 170 Å². The second kappa shape index (κ2) is 25.1. The number of thioether (sulfide) groups is 1. The van der Waals surface area contributed by atoms with Gasteiger partial charge in [0, 0.05) is 82.1 Å². The number of cyclic esters (lactones) is 1. The van der Waals surface area contributed by atoms with Crippen molar-refractivity contribution < 1.29 is 66.1 Å². The quantitative estimate of drug-likeness (QED) is 0.0892. The lowest BCUT2D eigenvalue weighted by atomic mass is 9.69. The minimum Gasteiger partial charge on any atom is -0.459 e. The van der Waals surface area contributed by atoms with Crippen LogP contribution in [0.4, 0.5) is 17.6 Å². The van der Waals surface area contributed by atoms with Gasteiger partial charge in [0.15, 0.2) is 6.29 Å². The molecule has 1 aromatic heterocycles. The van der Waals surface area contributed by atoms with Crippen LogP contribution in [0.2, 0.25) is 0 Å². The van der Waals surface area contributed by atoms with Crippen LogP contribution in [0.3, 0.4) is 0 Å². The molecule has 0 radical (unpaired) electrons. The average molecular weight is 1050 g/mol. The third-order valence-electron chi connectivity index (χ3n) is 15.9. The SMILES string of the molecule is CC[C@H]1OC(=O)[C@H](C)C([C@H]2C[C@@](C)(OC)C[C@H](C)O2)[C@H](C)[C@@H](O[C@H]2C[C@@H](N(C)CCc3cn([C@H](CF)[C@H](OC)c4ccc(SC(F)(F)F)cc4)nn3)C[C@@H](C)O2)[C@](C)(O)C[C@@H](C)CN(C)[C@H](C)[C@@H](O)[C@]1(C)O. The Bertz CT molecular complexity index is 2000. The lowest BCUT2D eigenvalue weighted by Gasteiger charge is -2.50. The summed E-state index contributed by atoms with van der Waals surface area (Å²) < 4.78 is 93.4. The van der Waals surface area contributed by atoms with Crippen LogP contribution in [-0.2, 0) is 39.6 Å². The number of aliphatic hydroxyl groups is 3. The number of hydrogen-bond acceptors (Lipinski definition) is 15. The molecule has 0 bridgehead atoms. The van der Waals surface area contributed by atoms with E-state index in [0.717, 1.165) is 0 Å². The van der Waals surface area contributed by atoms with Crippen LogP contribution in [0.25, 0.3) is 0 Å². The number of likely N-dealkylation sites (N-methyl/N-ethyl adjacent to an activating group) is 2. The van der Waals surface area contributed by atoms with Crippen LogP contribution >= 0.6 is 11.8 Å². The van der Waals surface area contributed by atoms with E-state index >= 15 is 0 Å². The Morgan fingerprint density at radius 1 is 0.986 bits per heavy atom. The Morgan fingerprint density at radius 2 is 1.65 bits per heavy atom. The molecule has 0 spiro atoms. The largest absolute Gasteiger partial charge is 0.459 e. The Labute approximate surface area is 429 Å². The zero-order chi connectivity index (χ0) is 53.7. The Morgan fingerprint density at radius 3 is 2.25 bits per heavy atom. The summed E-state index contributed by atoms with van der Waals surface area (Å²) in [7, 11) is 6.97. The van der Waals surface area contributed by atoms with Gasteiger partial charge in [0.2, 0.25) is 0 Å². The fourth-order valence-electron chi connectivity index (χ4n) is 12.0. The van der Waals surface area contributed by atoms with E-state index in [1.165, 1.54) is 43.0 Å². The first-order valence-electron chi connectivity index (χ1n) is 25.7. The van der Waals surface area contributed by atoms with Gasteiger partial charge in [-0.3, -0.25) is 4.79 Å². The van der Waals surface area contributed by atoms with Gasteiger partial charge in [0.1, 0.15) is 36.6 Å². The lowest BCUT2D eigenvalue weighted by Crippen LogP contribution is -2.59. The van der Waals surface area contributed by atoms with Gasteiger partial charge in [-0.05, 0) is 116 Å². The van der Waals surface area contributed by atoms with E-state index in [0.29, 0.717) is 62.9 Å². The first-order chi connectivity index (χ1) is 33.6. The van der Waals surface area contributed by atoms with Crippen LogP contribution in [0.15, 0.2) is 35.4 Å². The summed E-state index contributed by atoms with van der Waals surface area (Å²) in [6.07, 6.45) is -0.830. The summed E-state index contributed by atoms with van der Waals surface area (Å²) in [5.41, 5.74) is -7.15. The number of halogens is 4. The molecule has 72 heavy (non-hydrogen) atoms. The molecule has 0 amide bonds. The highest BCUT2D eigenvalue weighted by molar-refractivity contribution is 8.00. The molecule has 3 aliphatic rings. The molecule has 2 aromatic rings. The smallest absolute Gasteiger partial charge is 0.446 e. The molecule has 15 nitrogen and oxygen atoms in total. The summed E-state index contributed by atoms with van der Waals surface area (Å²) in [5, 5.41) is 45.1. The van der Waals surface area contributed by atoms with Crippen LogP contribution in [0.5, 0.6) is 0 Å². The van der Waals surface area contributed by atoms with Crippen molar-refractivity contribution in [3.8, 4) is 0 Å². The molecule has 412 valence electrons. The molecule has 18 atom stereocenters. The summed E-state index contributed by atoms with van der Waals surface area (Å²) >= 11 is -0.225. The van der Waals surface area contributed by atoms with Crippen molar-refractivity contribution in [1.29, 1.82) is 0 Å². The number of carbonyl (C=O) groups excluding carboxylic acids is 1. The van der Waals surface area contributed by atoms with Gasteiger partial charge in [-0.25, -0.2) is 9.07 Å². The molecule has 4 heterocycles. The number of alkyl halides is 4. The molecule has 1 aromatic carbocycles. The van der Waals surface area contributed by atoms with Crippen LogP contribution < -0.4 is 0 Å². The number of aromatic nitrogens is 3. The number of nitrogens with zero attached hydrogens (tertiary/aromatic N) is 5. The molecule has 3 N–H and O–H groups in total. The van der Waals surface area contributed by atoms with Crippen molar-refractivity contribution in [2.24, 2.45) is 23.7 Å². The summed E-state index contributed by atoms with van der Waals surface area (Å²) in [6.45, 7) is 18.9. The van der Waals surface area contributed by atoms with E-state index in [2.05, 4.69) is 15.2 Å². The third-order valence-corrected chi connectivity index (χ3v) is 16.7. The minimum atomic E-state index is -4.44. The number of benzene rings is 1. The van der Waals surface area contributed by atoms with Gasteiger partial charge in [-0.15, -0.1) is 5.10 Å². The maximum Gasteiger partial charge on any atom is 0.446 e. The molecule has 3 fully saturated rings. The van der Waals surface area contributed by atoms with E-state index < -0.39 is 102 Å². The van der Waals surface area contributed by atoms with Crippen LogP contribution in [0.1, 0.15) is 131 Å². The molecule has 0 saturated carbocycles. The van der Waals surface area contributed by atoms with Crippen molar-refractivity contribution in [1.82, 2.24) is 24.8 Å². The number of aliphatic hydroxyl groups excluding tert-OH is 1. The monoisotopic (exact) mass is 1050 g/mol. The average Bonchev–Trinajstić information content (AvgIpc) is 3.77. The van der Waals surface area contributed by atoms with E-state index in [4.69, 9.17) is 28.4 Å². The summed E-state index contributed by atoms with van der Waals surface area (Å²) in [6, 6.07) is 4.17. The maximum absolute atomic E-state index is 14.7. The van der Waals surface area contributed by atoms with Gasteiger partial charge < -0.3 is 53.5 Å². The highest BCUT2D eigenvalue weighted by atomic mass is 32.2.